The molecule has 2 heteroatoms. The standard InChI is InChI=1S/C12H17NO/c1-2-14-10-5-3-4-9(8-10)11-6-7-12(11)13/h3-5,8,11-12H,2,6-7,13H2,1H3. The minimum Gasteiger partial charge on any atom is -0.494 e. The molecule has 0 spiro atoms. The minimum absolute atomic E-state index is 0.354. The first-order valence-corrected chi connectivity index (χ1v) is 5.29. The second-order valence-electron chi connectivity index (χ2n) is 3.85. The molecule has 1 aromatic carbocycles. The van der Waals surface area contributed by atoms with Gasteiger partial charge in [-0.3, -0.25) is 0 Å². The maximum absolute atomic E-state index is 5.94. The van der Waals surface area contributed by atoms with E-state index in [2.05, 4.69) is 12.1 Å². The molecule has 0 bridgehead atoms. The van der Waals surface area contributed by atoms with Gasteiger partial charge in [0.1, 0.15) is 5.75 Å². The fourth-order valence-corrected chi connectivity index (χ4v) is 1.94. The summed E-state index contributed by atoms with van der Waals surface area (Å²) in [6.07, 6.45) is 2.38. The van der Waals surface area contributed by atoms with Gasteiger partial charge in [-0.25, -0.2) is 0 Å². The van der Waals surface area contributed by atoms with Gasteiger partial charge in [-0.2, -0.15) is 0 Å². The number of hydrogen-bond acceptors (Lipinski definition) is 2. The van der Waals surface area contributed by atoms with Crippen LogP contribution in [0.4, 0.5) is 0 Å². The number of benzene rings is 1. The van der Waals surface area contributed by atoms with Gasteiger partial charge >= 0.3 is 0 Å². The van der Waals surface area contributed by atoms with Gasteiger partial charge < -0.3 is 10.5 Å². The van der Waals surface area contributed by atoms with Crippen molar-refractivity contribution < 1.29 is 4.74 Å². The van der Waals surface area contributed by atoms with Crippen molar-refractivity contribution in [3.63, 3.8) is 0 Å². The summed E-state index contributed by atoms with van der Waals surface area (Å²) in [6, 6.07) is 8.66. The Balaban J connectivity index is 2.13. The normalized spacial score (nSPS) is 25.6. The van der Waals surface area contributed by atoms with Crippen molar-refractivity contribution in [2.45, 2.75) is 31.7 Å². The maximum Gasteiger partial charge on any atom is 0.119 e. The molecule has 0 saturated heterocycles. The number of rotatable bonds is 3. The van der Waals surface area contributed by atoms with Gasteiger partial charge in [0, 0.05) is 6.04 Å². The zero-order valence-electron chi connectivity index (χ0n) is 8.57. The number of hydrogen-bond donors (Lipinski definition) is 1. The summed E-state index contributed by atoms with van der Waals surface area (Å²) in [4.78, 5) is 0. The van der Waals surface area contributed by atoms with Crippen LogP contribution >= 0.6 is 0 Å². The van der Waals surface area contributed by atoms with Crippen molar-refractivity contribution >= 4 is 0 Å². The van der Waals surface area contributed by atoms with E-state index in [9.17, 15) is 0 Å². The third-order valence-electron chi connectivity index (χ3n) is 2.93. The lowest BCUT2D eigenvalue weighted by molar-refractivity contribution is 0.331. The molecule has 76 valence electrons. The molecule has 1 aliphatic carbocycles. The molecule has 0 aliphatic heterocycles. The Kier molecular flexibility index (Phi) is 2.73. The van der Waals surface area contributed by atoms with E-state index in [1.54, 1.807) is 0 Å². The molecule has 14 heavy (non-hydrogen) atoms. The zero-order valence-corrected chi connectivity index (χ0v) is 8.57. The summed E-state index contributed by atoms with van der Waals surface area (Å²) in [6.45, 7) is 2.72. The fourth-order valence-electron chi connectivity index (χ4n) is 1.94. The molecule has 2 nitrogen and oxygen atoms in total. The predicted molar refractivity (Wildman–Crippen MR) is 57.6 cm³/mol. The molecule has 2 N–H and O–H groups in total. The van der Waals surface area contributed by atoms with Crippen LogP contribution in [0.2, 0.25) is 0 Å². The lowest BCUT2D eigenvalue weighted by Crippen LogP contribution is -2.37. The van der Waals surface area contributed by atoms with Crippen LogP contribution in [0.5, 0.6) is 5.75 Å². The summed E-state index contributed by atoms with van der Waals surface area (Å²) in [5.41, 5.74) is 7.27. The molecule has 0 amide bonds. The van der Waals surface area contributed by atoms with Crippen molar-refractivity contribution in [1.29, 1.82) is 0 Å². The first-order chi connectivity index (χ1) is 6.81. The highest BCUT2D eigenvalue weighted by Gasteiger charge is 2.28. The highest BCUT2D eigenvalue weighted by molar-refractivity contribution is 5.33. The van der Waals surface area contributed by atoms with Crippen molar-refractivity contribution in [2.75, 3.05) is 6.61 Å². The van der Waals surface area contributed by atoms with E-state index in [1.165, 1.54) is 12.0 Å². The zero-order chi connectivity index (χ0) is 9.97. The van der Waals surface area contributed by atoms with E-state index >= 15 is 0 Å². The molecule has 1 fully saturated rings. The highest BCUT2D eigenvalue weighted by atomic mass is 16.5. The first-order valence-electron chi connectivity index (χ1n) is 5.29. The van der Waals surface area contributed by atoms with E-state index in [0.717, 1.165) is 18.8 Å². The van der Waals surface area contributed by atoms with Crippen molar-refractivity contribution in [2.24, 2.45) is 5.73 Å². The first kappa shape index (κ1) is 9.53. The van der Waals surface area contributed by atoms with Crippen LogP contribution in [0.3, 0.4) is 0 Å². The van der Waals surface area contributed by atoms with E-state index in [-0.39, 0.29) is 0 Å². The van der Waals surface area contributed by atoms with Crippen LogP contribution in [0.1, 0.15) is 31.2 Å². The molecule has 2 atom stereocenters. The molecule has 2 rings (SSSR count). The summed E-state index contributed by atoms with van der Waals surface area (Å²) >= 11 is 0. The summed E-state index contributed by atoms with van der Waals surface area (Å²) < 4.78 is 5.46. The van der Waals surface area contributed by atoms with Gasteiger partial charge in [-0.15, -0.1) is 0 Å². The van der Waals surface area contributed by atoms with Crippen LogP contribution in [0, 0.1) is 0 Å². The average Bonchev–Trinajstić information content (AvgIpc) is 2.17. The minimum atomic E-state index is 0.354. The molecule has 1 aliphatic rings. The Bertz CT molecular complexity index is 311. The molecule has 1 saturated carbocycles. The van der Waals surface area contributed by atoms with Crippen molar-refractivity contribution in [3.8, 4) is 5.75 Å². The lowest BCUT2D eigenvalue weighted by Gasteiger charge is -2.34. The molecule has 0 radical (unpaired) electrons. The van der Waals surface area contributed by atoms with Crippen LogP contribution in [0.25, 0.3) is 0 Å². The topological polar surface area (TPSA) is 35.2 Å². The second kappa shape index (κ2) is 4.01. The molecule has 2 unspecified atom stereocenters. The average molecular weight is 191 g/mol. The van der Waals surface area contributed by atoms with Gasteiger partial charge in [0.2, 0.25) is 0 Å². The Morgan fingerprint density at radius 3 is 2.86 bits per heavy atom. The van der Waals surface area contributed by atoms with Gasteiger partial charge in [0.05, 0.1) is 6.61 Å². The smallest absolute Gasteiger partial charge is 0.119 e. The largest absolute Gasteiger partial charge is 0.494 e. The van der Waals surface area contributed by atoms with Gasteiger partial charge in [0.15, 0.2) is 0 Å². The quantitative estimate of drug-likeness (QED) is 0.795. The summed E-state index contributed by atoms with van der Waals surface area (Å²) in [5.74, 6) is 1.51. The summed E-state index contributed by atoms with van der Waals surface area (Å²) in [5, 5.41) is 0. The van der Waals surface area contributed by atoms with E-state index in [0.29, 0.717) is 12.0 Å². The SMILES string of the molecule is CCOc1cccc(C2CCC2N)c1. The Morgan fingerprint density at radius 1 is 1.43 bits per heavy atom. The summed E-state index contributed by atoms with van der Waals surface area (Å²) in [7, 11) is 0. The number of nitrogens with two attached hydrogens (primary N) is 1. The van der Waals surface area contributed by atoms with Crippen LogP contribution in [0.15, 0.2) is 24.3 Å². The molecule has 1 aromatic rings. The Hall–Kier alpha value is -1.02. The van der Waals surface area contributed by atoms with Crippen molar-refractivity contribution in [1.82, 2.24) is 0 Å². The van der Waals surface area contributed by atoms with E-state index < -0.39 is 0 Å². The maximum atomic E-state index is 5.94. The van der Waals surface area contributed by atoms with Crippen LogP contribution < -0.4 is 10.5 Å². The van der Waals surface area contributed by atoms with Crippen LogP contribution in [-0.4, -0.2) is 12.6 Å². The molecular weight excluding hydrogens is 174 g/mol. The molecule has 0 aromatic heterocycles. The second-order valence-corrected chi connectivity index (χ2v) is 3.85. The Labute approximate surface area is 85.1 Å². The number of ether oxygens (including phenoxy) is 1. The fraction of sp³-hybridized carbons (Fsp3) is 0.500. The van der Waals surface area contributed by atoms with Gasteiger partial charge in [0.25, 0.3) is 0 Å². The molecule has 0 heterocycles. The van der Waals surface area contributed by atoms with Crippen molar-refractivity contribution in [3.05, 3.63) is 29.8 Å². The van der Waals surface area contributed by atoms with E-state index in [1.807, 2.05) is 19.1 Å². The molecular formula is C12H17NO. The Morgan fingerprint density at radius 2 is 2.29 bits per heavy atom. The monoisotopic (exact) mass is 191 g/mol. The highest BCUT2D eigenvalue weighted by Crippen LogP contribution is 2.36. The third-order valence-corrected chi connectivity index (χ3v) is 2.93. The predicted octanol–water partition coefficient (Wildman–Crippen LogP) is 2.29. The van der Waals surface area contributed by atoms with Crippen LogP contribution in [-0.2, 0) is 0 Å². The van der Waals surface area contributed by atoms with Gasteiger partial charge in [-0.1, -0.05) is 12.1 Å². The van der Waals surface area contributed by atoms with E-state index in [4.69, 9.17) is 10.5 Å². The lowest BCUT2D eigenvalue weighted by atomic mass is 9.76. The van der Waals surface area contributed by atoms with Gasteiger partial charge in [-0.05, 0) is 43.4 Å². The third kappa shape index (κ3) is 1.75.